The fourth-order valence-corrected chi connectivity index (χ4v) is 5.74. The largest absolute Gasteiger partial charge is 0.391 e. The molecule has 1 N–H and O–H groups in total. The second-order valence-corrected chi connectivity index (χ2v) is 9.38. The molecule has 162 valence electrons. The Morgan fingerprint density at radius 2 is 1.87 bits per heavy atom. The quantitative estimate of drug-likeness (QED) is 0.829. The van der Waals surface area contributed by atoms with Crippen molar-refractivity contribution in [2.24, 2.45) is 11.8 Å². The lowest BCUT2D eigenvalue weighted by Gasteiger charge is -2.44. The Morgan fingerprint density at radius 3 is 2.60 bits per heavy atom. The van der Waals surface area contributed by atoms with Gasteiger partial charge in [-0.15, -0.1) is 0 Å². The molecule has 1 aromatic heterocycles. The van der Waals surface area contributed by atoms with E-state index in [1.165, 1.54) is 6.07 Å². The minimum atomic E-state index is -0.233. The lowest BCUT2D eigenvalue weighted by Crippen LogP contribution is -2.55. The van der Waals surface area contributed by atoms with Crippen molar-refractivity contribution in [3.05, 3.63) is 48.0 Å². The smallest absolute Gasteiger partial charge is 0.123 e. The lowest BCUT2D eigenvalue weighted by atomic mass is 9.77. The summed E-state index contributed by atoms with van der Waals surface area (Å²) in [5, 5.41) is 15.2. The summed E-state index contributed by atoms with van der Waals surface area (Å²) in [6.45, 7) is 6.99. The molecule has 0 radical (unpaired) electrons. The summed E-state index contributed by atoms with van der Waals surface area (Å²) < 4.78 is 15.8. The zero-order valence-electron chi connectivity index (χ0n) is 17.7. The number of aliphatic hydroxyl groups excluding tert-OH is 1. The molecule has 3 aliphatic rings. The van der Waals surface area contributed by atoms with Crippen molar-refractivity contribution in [1.29, 1.82) is 0 Å². The maximum atomic E-state index is 14.0. The predicted octanol–water partition coefficient (Wildman–Crippen LogP) is 1.83. The van der Waals surface area contributed by atoms with Crippen LogP contribution in [0.2, 0.25) is 0 Å². The number of likely N-dealkylation sites (tertiary alicyclic amines) is 1. The minimum absolute atomic E-state index is 0.205. The SMILES string of the molecule is CN1CCN([C@@H]2C[C@@H]3CN(Cc4cc(F)ccc4-n4cccn4)C[C@@H]3C[C@H]2O)CC1. The minimum Gasteiger partial charge on any atom is -0.391 e. The van der Waals surface area contributed by atoms with Gasteiger partial charge in [0.2, 0.25) is 0 Å². The number of piperazine rings is 1. The van der Waals surface area contributed by atoms with Crippen molar-refractivity contribution in [2.45, 2.75) is 31.5 Å². The zero-order valence-corrected chi connectivity index (χ0v) is 17.7. The molecule has 0 bridgehead atoms. The number of aromatic nitrogens is 2. The molecule has 3 fully saturated rings. The van der Waals surface area contributed by atoms with Gasteiger partial charge in [-0.3, -0.25) is 9.80 Å². The first-order valence-corrected chi connectivity index (χ1v) is 11.2. The van der Waals surface area contributed by atoms with Gasteiger partial charge in [-0.1, -0.05) is 0 Å². The van der Waals surface area contributed by atoms with Gasteiger partial charge in [-0.25, -0.2) is 9.07 Å². The molecule has 2 saturated heterocycles. The molecule has 0 unspecified atom stereocenters. The van der Waals surface area contributed by atoms with Crippen LogP contribution in [0.4, 0.5) is 4.39 Å². The highest BCUT2D eigenvalue weighted by Gasteiger charge is 2.43. The van der Waals surface area contributed by atoms with Crippen LogP contribution in [0.5, 0.6) is 0 Å². The Labute approximate surface area is 177 Å². The first kappa shape index (κ1) is 20.1. The highest BCUT2D eigenvalue weighted by atomic mass is 19.1. The molecule has 1 aliphatic carbocycles. The number of rotatable bonds is 4. The Hall–Kier alpha value is -1.80. The average Bonchev–Trinajstić information content (AvgIpc) is 3.38. The van der Waals surface area contributed by atoms with Gasteiger partial charge in [0, 0.05) is 64.2 Å². The van der Waals surface area contributed by atoms with Crippen LogP contribution in [-0.4, -0.2) is 88.0 Å². The number of hydrogen-bond donors (Lipinski definition) is 1. The van der Waals surface area contributed by atoms with Gasteiger partial charge < -0.3 is 10.0 Å². The summed E-state index contributed by atoms with van der Waals surface area (Å²) >= 11 is 0. The van der Waals surface area contributed by atoms with E-state index in [9.17, 15) is 9.50 Å². The Kier molecular flexibility index (Phi) is 5.62. The van der Waals surface area contributed by atoms with Crippen LogP contribution in [-0.2, 0) is 6.54 Å². The van der Waals surface area contributed by atoms with Gasteiger partial charge in [-0.2, -0.15) is 5.10 Å². The molecule has 3 heterocycles. The second-order valence-electron chi connectivity index (χ2n) is 9.38. The summed E-state index contributed by atoms with van der Waals surface area (Å²) in [6.07, 6.45) is 5.37. The maximum absolute atomic E-state index is 14.0. The van der Waals surface area contributed by atoms with Crippen LogP contribution < -0.4 is 0 Å². The van der Waals surface area contributed by atoms with E-state index < -0.39 is 0 Å². The van der Waals surface area contributed by atoms with Crippen LogP contribution in [0.25, 0.3) is 5.69 Å². The molecule has 30 heavy (non-hydrogen) atoms. The fraction of sp³-hybridized carbons (Fsp3) is 0.609. The normalized spacial score (nSPS) is 31.2. The van der Waals surface area contributed by atoms with E-state index in [-0.39, 0.29) is 18.0 Å². The predicted molar refractivity (Wildman–Crippen MR) is 114 cm³/mol. The Balaban J connectivity index is 1.27. The van der Waals surface area contributed by atoms with Crippen LogP contribution in [0, 0.1) is 17.7 Å². The van der Waals surface area contributed by atoms with Crippen molar-refractivity contribution in [3.8, 4) is 5.69 Å². The molecule has 7 heteroatoms. The summed E-state index contributed by atoms with van der Waals surface area (Å²) in [5.74, 6) is 0.938. The van der Waals surface area contributed by atoms with Crippen molar-refractivity contribution in [2.75, 3.05) is 46.3 Å². The van der Waals surface area contributed by atoms with Gasteiger partial charge in [0.15, 0.2) is 0 Å². The first-order valence-electron chi connectivity index (χ1n) is 11.2. The monoisotopic (exact) mass is 413 g/mol. The highest BCUT2D eigenvalue weighted by Crippen LogP contribution is 2.39. The zero-order chi connectivity index (χ0) is 20.7. The number of benzene rings is 1. The van der Waals surface area contributed by atoms with Crippen molar-refractivity contribution < 1.29 is 9.50 Å². The molecule has 6 nitrogen and oxygen atoms in total. The molecule has 1 aromatic carbocycles. The molecule has 0 amide bonds. The van der Waals surface area contributed by atoms with Gasteiger partial charge in [0.05, 0.1) is 11.8 Å². The van der Waals surface area contributed by atoms with E-state index >= 15 is 0 Å². The fourth-order valence-electron chi connectivity index (χ4n) is 5.74. The second kappa shape index (κ2) is 8.38. The Morgan fingerprint density at radius 1 is 1.10 bits per heavy atom. The van der Waals surface area contributed by atoms with Crippen molar-refractivity contribution in [1.82, 2.24) is 24.5 Å². The molecular formula is C23H32FN5O. The highest BCUT2D eigenvalue weighted by molar-refractivity contribution is 5.40. The standard InChI is InChI=1S/C23H32FN5O/c1-26-7-9-28(10-8-26)22-12-17-14-27(15-18(17)13-23(22)30)16-19-11-20(24)3-4-21(19)29-6-2-5-25-29/h2-6,11,17-18,22-23,30H,7-10,12-16H2,1H3/t17-,18+,22-,23-/m1/s1. The van der Waals surface area contributed by atoms with Gasteiger partial charge in [0.1, 0.15) is 5.82 Å². The van der Waals surface area contributed by atoms with Crippen LogP contribution in [0.1, 0.15) is 18.4 Å². The third kappa shape index (κ3) is 4.04. The molecule has 1 saturated carbocycles. The average molecular weight is 414 g/mol. The summed E-state index contributed by atoms with van der Waals surface area (Å²) in [7, 11) is 2.17. The lowest BCUT2D eigenvalue weighted by molar-refractivity contribution is -0.0249. The number of halogens is 1. The first-order chi connectivity index (χ1) is 14.6. The van der Waals surface area contributed by atoms with E-state index in [4.69, 9.17) is 0 Å². The molecule has 2 aromatic rings. The van der Waals surface area contributed by atoms with E-state index in [0.29, 0.717) is 11.8 Å². The van der Waals surface area contributed by atoms with Gasteiger partial charge in [-0.05, 0) is 61.6 Å². The number of nitrogens with zero attached hydrogens (tertiary/aromatic N) is 5. The Bertz CT molecular complexity index is 851. The summed E-state index contributed by atoms with van der Waals surface area (Å²) in [6, 6.07) is 7.13. The molecule has 2 aliphatic heterocycles. The number of aliphatic hydroxyl groups is 1. The van der Waals surface area contributed by atoms with Crippen molar-refractivity contribution in [3.63, 3.8) is 0 Å². The van der Waals surface area contributed by atoms with Crippen LogP contribution >= 0.6 is 0 Å². The number of likely N-dealkylation sites (N-methyl/N-ethyl adjacent to an activating group) is 1. The van der Waals surface area contributed by atoms with Gasteiger partial charge >= 0.3 is 0 Å². The van der Waals surface area contributed by atoms with E-state index in [0.717, 1.165) is 69.9 Å². The van der Waals surface area contributed by atoms with E-state index in [2.05, 4.69) is 26.8 Å². The molecule has 5 rings (SSSR count). The van der Waals surface area contributed by atoms with E-state index in [1.807, 2.05) is 23.0 Å². The topological polar surface area (TPSA) is 47.8 Å². The third-order valence-electron chi connectivity index (χ3n) is 7.38. The van der Waals surface area contributed by atoms with Gasteiger partial charge in [0.25, 0.3) is 0 Å². The van der Waals surface area contributed by atoms with Crippen molar-refractivity contribution >= 4 is 0 Å². The summed E-state index contributed by atoms with van der Waals surface area (Å²) in [5.41, 5.74) is 1.90. The molecular weight excluding hydrogens is 381 g/mol. The number of hydrogen-bond acceptors (Lipinski definition) is 5. The number of fused-ring (bicyclic) bond motifs is 1. The van der Waals surface area contributed by atoms with Crippen LogP contribution in [0.15, 0.2) is 36.7 Å². The summed E-state index contributed by atoms with van der Waals surface area (Å²) in [4.78, 5) is 7.31. The van der Waals surface area contributed by atoms with Crippen LogP contribution in [0.3, 0.4) is 0 Å². The maximum Gasteiger partial charge on any atom is 0.123 e. The molecule has 0 spiro atoms. The van der Waals surface area contributed by atoms with E-state index in [1.54, 1.807) is 12.3 Å². The molecule has 4 atom stereocenters. The third-order valence-corrected chi connectivity index (χ3v) is 7.38.